The Morgan fingerprint density at radius 2 is 1.94 bits per heavy atom. The number of rotatable bonds is 8. The van der Waals surface area contributed by atoms with Crippen LogP contribution in [0.4, 0.5) is 11.5 Å². The maximum atomic E-state index is 12.7. The van der Waals surface area contributed by atoms with Crippen molar-refractivity contribution in [3.8, 4) is 0 Å². The molecule has 0 radical (unpaired) electrons. The first-order chi connectivity index (χ1) is 14.8. The lowest BCUT2D eigenvalue weighted by atomic mass is 10.1. The quantitative estimate of drug-likeness (QED) is 0.458. The summed E-state index contributed by atoms with van der Waals surface area (Å²) in [6, 6.07) is 5.15. The number of thiophene rings is 1. The summed E-state index contributed by atoms with van der Waals surface area (Å²) in [4.78, 5) is 39.5. The third kappa shape index (κ3) is 4.98. The zero-order valence-electron chi connectivity index (χ0n) is 18.0. The molecule has 10 heteroatoms. The van der Waals surface area contributed by atoms with Gasteiger partial charge in [-0.3, -0.25) is 14.4 Å². The number of carbonyl (C=O) groups excluding carboxylic acids is 2. The molecule has 0 fully saturated rings. The average Bonchev–Trinajstić information content (AvgIpc) is 3.07. The van der Waals surface area contributed by atoms with Gasteiger partial charge in [0.25, 0.3) is 11.8 Å². The van der Waals surface area contributed by atoms with Gasteiger partial charge in [0.15, 0.2) is 0 Å². The molecule has 9 nitrogen and oxygen atoms in total. The standard InChI is InChI=1S/C21H25N5O4S/c1-11-6-7-14(19(27)26-30-5)8-15(11)25-18-16-13(3)17(31-21(16)23-10-22-18)20(28)24-12(2)9-29-4/h6-8,10,12H,9H2,1-5H3,(H,24,28)(H,26,27)(H,22,23,25)/t12-/m0/s1. The second-order valence-electron chi connectivity index (χ2n) is 7.08. The number of ether oxygens (including phenoxy) is 1. The number of hydroxylamine groups is 1. The minimum absolute atomic E-state index is 0.116. The summed E-state index contributed by atoms with van der Waals surface area (Å²) < 4.78 is 5.09. The van der Waals surface area contributed by atoms with Crippen LogP contribution in [-0.4, -0.2) is 48.7 Å². The molecule has 31 heavy (non-hydrogen) atoms. The van der Waals surface area contributed by atoms with Gasteiger partial charge in [-0.1, -0.05) is 6.07 Å². The first kappa shape index (κ1) is 22.6. The predicted molar refractivity (Wildman–Crippen MR) is 120 cm³/mol. The van der Waals surface area contributed by atoms with E-state index in [4.69, 9.17) is 9.57 Å². The summed E-state index contributed by atoms with van der Waals surface area (Å²) in [5, 5.41) is 6.99. The minimum Gasteiger partial charge on any atom is -0.383 e. The molecule has 0 saturated heterocycles. The molecule has 3 aromatic rings. The van der Waals surface area contributed by atoms with Crippen LogP contribution in [0.25, 0.3) is 10.2 Å². The van der Waals surface area contributed by atoms with Crippen molar-refractivity contribution in [1.82, 2.24) is 20.8 Å². The van der Waals surface area contributed by atoms with Crippen molar-refractivity contribution < 1.29 is 19.2 Å². The van der Waals surface area contributed by atoms with Gasteiger partial charge >= 0.3 is 0 Å². The molecule has 0 saturated carbocycles. The summed E-state index contributed by atoms with van der Waals surface area (Å²) in [6.07, 6.45) is 1.45. The van der Waals surface area contributed by atoms with Gasteiger partial charge in [0.05, 0.1) is 24.0 Å². The Morgan fingerprint density at radius 1 is 1.16 bits per heavy atom. The number of benzene rings is 1. The molecule has 1 atom stereocenters. The molecule has 2 aromatic heterocycles. The monoisotopic (exact) mass is 443 g/mol. The van der Waals surface area contributed by atoms with Gasteiger partial charge < -0.3 is 15.4 Å². The molecule has 0 aliphatic rings. The number of nitrogens with zero attached hydrogens (tertiary/aromatic N) is 2. The van der Waals surface area contributed by atoms with Crippen LogP contribution in [0.1, 0.15) is 38.1 Å². The number of carbonyl (C=O) groups is 2. The predicted octanol–water partition coefficient (Wildman–Crippen LogP) is 3.11. The molecule has 0 unspecified atom stereocenters. The number of methoxy groups -OCH3 is 1. The Balaban J connectivity index is 1.96. The van der Waals surface area contributed by atoms with E-state index in [0.717, 1.165) is 16.5 Å². The second kappa shape index (κ2) is 9.82. The summed E-state index contributed by atoms with van der Waals surface area (Å²) in [6.45, 7) is 6.11. The van der Waals surface area contributed by atoms with Gasteiger partial charge in [-0.05, 0) is 44.0 Å². The van der Waals surface area contributed by atoms with Gasteiger partial charge in [0.1, 0.15) is 17.0 Å². The third-order valence-electron chi connectivity index (χ3n) is 4.67. The highest BCUT2D eigenvalue weighted by atomic mass is 32.1. The van der Waals surface area contributed by atoms with Crippen LogP contribution in [-0.2, 0) is 9.57 Å². The molecule has 164 valence electrons. The third-order valence-corrected chi connectivity index (χ3v) is 5.87. The van der Waals surface area contributed by atoms with Crippen molar-refractivity contribution in [2.45, 2.75) is 26.8 Å². The summed E-state index contributed by atoms with van der Waals surface area (Å²) >= 11 is 1.31. The molecule has 3 rings (SSSR count). The Labute approximate surface area is 184 Å². The fraction of sp³-hybridized carbons (Fsp3) is 0.333. The second-order valence-corrected chi connectivity index (χ2v) is 8.08. The number of amides is 2. The van der Waals surface area contributed by atoms with Gasteiger partial charge in [-0.2, -0.15) is 0 Å². The molecule has 0 aliphatic carbocycles. The Hall–Kier alpha value is -3.08. The van der Waals surface area contributed by atoms with Crippen LogP contribution in [0.2, 0.25) is 0 Å². The highest BCUT2D eigenvalue weighted by Gasteiger charge is 2.21. The zero-order chi connectivity index (χ0) is 22.5. The van der Waals surface area contributed by atoms with Crippen molar-refractivity contribution in [3.05, 3.63) is 46.1 Å². The Kier molecular flexibility index (Phi) is 7.16. The summed E-state index contributed by atoms with van der Waals surface area (Å²) in [5.74, 6) is 0.0368. The van der Waals surface area contributed by atoms with Crippen molar-refractivity contribution in [2.24, 2.45) is 0 Å². The number of hydrogen-bond donors (Lipinski definition) is 3. The van der Waals surface area contributed by atoms with Crippen molar-refractivity contribution >= 4 is 44.9 Å². The Bertz CT molecular complexity index is 1110. The molecule has 2 heterocycles. The van der Waals surface area contributed by atoms with Crippen LogP contribution < -0.4 is 16.1 Å². The number of anilines is 2. The van der Waals surface area contributed by atoms with Crippen LogP contribution in [0.5, 0.6) is 0 Å². The molecule has 0 spiro atoms. The van der Waals surface area contributed by atoms with Gasteiger partial charge in [0, 0.05) is 24.4 Å². The molecule has 1 aromatic carbocycles. The largest absolute Gasteiger partial charge is 0.383 e. The first-order valence-electron chi connectivity index (χ1n) is 9.60. The number of aromatic nitrogens is 2. The highest BCUT2D eigenvalue weighted by Crippen LogP contribution is 2.35. The van der Waals surface area contributed by atoms with Crippen molar-refractivity contribution in [2.75, 3.05) is 26.1 Å². The van der Waals surface area contributed by atoms with E-state index in [1.807, 2.05) is 26.8 Å². The number of nitrogens with one attached hydrogen (secondary N) is 3. The van der Waals surface area contributed by atoms with Crippen LogP contribution in [0.15, 0.2) is 24.5 Å². The van der Waals surface area contributed by atoms with Crippen LogP contribution >= 0.6 is 11.3 Å². The topological polar surface area (TPSA) is 114 Å². The Morgan fingerprint density at radius 3 is 2.65 bits per heavy atom. The van der Waals surface area contributed by atoms with E-state index in [-0.39, 0.29) is 17.9 Å². The molecule has 0 aliphatic heterocycles. The fourth-order valence-electron chi connectivity index (χ4n) is 3.14. The van der Waals surface area contributed by atoms with E-state index in [1.54, 1.807) is 19.2 Å². The summed E-state index contributed by atoms with van der Waals surface area (Å²) in [5.41, 5.74) is 5.18. The van der Waals surface area contributed by atoms with E-state index in [0.29, 0.717) is 33.4 Å². The lowest BCUT2D eigenvalue weighted by Crippen LogP contribution is -2.35. The number of fused-ring (bicyclic) bond motifs is 1. The maximum Gasteiger partial charge on any atom is 0.274 e. The van der Waals surface area contributed by atoms with E-state index in [2.05, 4.69) is 26.1 Å². The maximum absolute atomic E-state index is 12.7. The van der Waals surface area contributed by atoms with Crippen molar-refractivity contribution in [1.29, 1.82) is 0 Å². The lowest BCUT2D eigenvalue weighted by Gasteiger charge is -2.13. The van der Waals surface area contributed by atoms with Gasteiger partial charge in [-0.25, -0.2) is 15.4 Å². The SMILES string of the molecule is COC[C@H](C)NC(=O)c1sc2ncnc(Nc3cc(C(=O)NOC)ccc3C)c2c1C. The molecule has 2 amide bonds. The molecular formula is C21H25N5O4S. The van der Waals surface area contributed by atoms with Gasteiger partial charge in [-0.15, -0.1) is 11.3 Å². The lowest BCUT2D eigenvalue weighted by molar-refractivity contribution is 0.0537. The fourth-order valence-corrected chi connectivity index (χ4v) is 4.19. The van der Waals surface area contributed by atoms with Crippen molar-refractivity contribution in [3.63, 3.8) is 0 Å². The summed E-state index contributed by atoms with van der Waals surface area (Å²) in [7, 11) is 2.97. The first-order valence-corrected chi connectivity index (χ1v) is 10.4. The molecular weight excluding hydrogens is 418 g/mol. The van der Waals surface area contributed by atoms with Crippen LogP contribution in [0, 0.1) is 13.8 Å². The van der Waals surface area contributed by atoms with Crippen LogP contribution in [0.3, 0.4) is 0 Å². The molecule has 3 N–H and O–H groups in total. The molecule has 0 bridgehead atoms. The van der Waals surface area contributed by atoms with E-state index < -0.39 is 0 Å². The minimum atomic E-state index is -0.353. The average molecular weight is 444 g/mol. The van der Waals surface area contributed by atoms with E-state index >= 15 is 0 Å². The number of hydrogen-bond acceptors (Lipinski definition) is 8. The normalized spacial score (nSPS) is 11.9. The van der Waals surface area contributed by atoms with Gasteiger partial charge in [0.2, 0.25) is 0 Å². The zero-order valence-corrected chi connectivity index (χ0v) is 18.8. The highest BCUT2D eigenvalue weighted by molar-refractivity contribution is 7.20. The van der Waals surface area contributed by atoms with E-state index in [1.165, 1.54) is 24.8 Å². The van der Waals surface area contributed by atoms with E-state index in [9.17, 15) is 9.59 Å². The number of aryl methyl sites for hydroxylation is 2. The smallest absolute Gasteiger partial charge is 0.274 e.